The molecule has 1 aromatic carbocycles. The number of benzene rings is 1. The van der Waals surface area contributed by atoms with E-state index >= 15 is 0 Å². The second-order valence-corrected chi connectivity index (χ2v) is 6.21. The topological polar surface area (TPSA) is 24.9 Å². The van der Waals surface area contributed by atoms with Gasteiger partial charge in [0.1, 0.15) is 11.3 Å². The minimum atomic E-state index is -0.244. The Kier molecular flexibility index (Phi) is 4.52. The van der Waals surface area contributed by atoms with Gasteiger partial charge >= 0.3 is 0 Å². The van der Waals surface area contributed by atoms with Crippen molar-refractivity contribution < 1.29 is 9.47 Å². The van der Waals surface area contributed by atoms with Crippen molar-refractivity contribution in [1.29, 1.82) is 0 Å². The zero-order chi connectivity index (χ0) is 15.6. The first-order valence-electron chi connectivity index (χ1n) is 8.05. The van der Waals surface area contributed by atoms with Crippen LogP contribution in [0.5, 0.6) is 0 Å². The van der Waals surface area contributed by atoms with Crippen molar-refractivity contribution in [3.8, 4) is 0 Å². The minimum absolute atomic E-state index is 0.244. The number of hydrazine groups is 1. The molecule has 22 heavy (non-hydrogen) atoms. The minimum Gasteiger partial charge on any atom is -0.499 e. The summed E-state index contributed by atoms with van der Waals surface area (Å²) in [7, 11) is 3.56. The first kappa shape index (κ1) is 15.5. The van der Waals surface area contributed by atoms with Crippen molar-refractivity contribution in [1.82, 2.24) is 10.0 Å². The first-order valence-corrected chi connectivity index (χ1v) is 8.05. The van der Waals surface area contributed by atoms with E-state index in [0.717, 1.165) is 25.5 Å². The van der Waals surface area contributed by atoms with Crippen molar-refractivity contribution in [3.63, 3.8) is 0 Å². The molecule has 1 aromatic rings. The number of rotatable bonds is 5. The van der Waals surface area contributed by atoms with Crippen LogP contribution in [0.25, 0.3) is 0 Å². The fourth-order valence-corrected chi connectivity index (χ4v) is 3.88. The van der Waals surface area contributed by atoms with E-state index < -0.39 is 0 Å². The second kappa shape index (κ2) is 6.41. The lowest BCUT2D eigenvalue weighted by Crippen LogP contribution is -2.54. The van der Waals surface area contributed by atoms with Gasteiger partial charge in [-0.1, -0.05) is 30.3 Å². The molecule has 1 saturated heterocycles. The van der Waals surface area contributed by atoms with Crippen LogP contribution >= 0.6 is 0 Å². The third-order valence-corrected chi connectivity index (χ3v) is 5.02. The molecule has 4 heteroatoms. The maximum absolute atomic E-state index is 5.73. The molecule has 0 bridgehead atoms. The first-order chi connectivity index (χ1) is 10.7. The molecule has 2 heterocycles. The number of ether oxygens (including phenoxy) is 2. The predicted molar refractivity (Wildman–Crippen MR) is 87.2 cm³/mol. The number of methoxy groups -OCH3 is 2. The molecule has 120 valence electrons. The summed E-state index contributed by atoms with van der Waals surface area (Å²) >= 11 is 0. The molecular formula is C18H26N2O2. The smallest absolute Gasteiger partial charge is 0.119 e. The van der Waals surface area contributed by atoms with Gasteiger partial charge in [0.15, 0.2) is 0 Å². The molecule has 0 N–H and O–H groups in total. The van der Waals surface area contributed by atoms with Gasteiger partial charge in [0.25, 0.3) is 0 Å². The average molecular weight is 302 g/mol. The third kappa shape index (κ3) is 2.45. The summed E-state index contributed by atoms with van der Waals surface area (Å²) in [6, 6.07) is 11.1. The van der Waals surface area contributed by atoms with Crippen molar-refractivity contribution in [2.75, 3.05) is 33.9 Å². The SMILES string of the molecule is COC[C@@H]1CCCN1N1CC=C(OC)[C@]1(C)c1ccccc1. The van der Waals surface area contributed by atoms with Gasteiger partial charge in [-0.3, -0.25) is 0 Å². The number of hydrogen-bond acceptors (Lipinski definition) is 4. The van der Waals surface area contributed by atoms with Gasteiger partial charge in [-0.05, 0) is 31.4 Å². The Labute approximate surface area is 133 Å². The molecule has 0 amide bonds. The predicted octanol–water partition coefficient (Wildman–Crippen LogP) is 2.77. The Hall–Kier alpha value is -1.36. The van der Waals surface area contributed by atoms with Crippen LogP contribution in [0.3, 0.4) is 0 Å². The van der Waals surface area contributed by atoms with Gasteiger partial charge in [0, 0.05) is 26.2 Å². The molecule has 0 aliphatic carbocycles. The molecule has 2 atom stereocenters. The Morgan fingerprint density at radius 2 is 2.00 bits per heavy atom. The lowest BCUT2D eigenvalue weighted by molar-refractivity contribution is -0.107. The number of hydrogen-bond donors (Lipinski definition) is 0. The van der Waals surface area contributed by atoms with E-state index in [9.17, 15) is 0 Å². The zero-order valence-electron chi connectivity index (χ0n) is 13.8. The van der Waals surface area contributed by atoms with Crippen molar-refractivity contribution in [2.24, 2.45) is 0 Å². The average Bonchev–Trinajstić information content (AvgIpc) is 3.13. The van der Waals surface area contributed by atoms with E-state index in [-0.39, 0.29) is 5.54 Å². The highest BCUT2D eigenvalue weighted by molar-refractivity contribution is 5.35. The molecule has 4 nitrogen and oxygen atoms in total. The lowest BCUT2D eigenvalue weighted by atomic mass is 9.91. The van der Waals surface area contributed by atoms with E-state index in [0.29, 0.717) is 6.04 Å². The Morgan fingerprint density at radius 1 is 1.23 bits per heavy atom. The zero-order valence-corrected chi connectivity index (χ0v) is 13.8. The molecule has 0 radical (unpaired) electrons. The van der Waals surface area contributed by atoms with Crippen molar-refractivity contribution >= 4 is 0 Å². The summed E-state index contributed by atoms with van der Waals surface area (Å²) < 4.78 is 11.2. The van der Waals surface area contributed by atoms with Crippen LogP contribution < -0.4 is 0 Å². The molecule has 2 aliphatic rings. The molecule has 3 rings (SSSR count). The van der Waals surface area contributed by atoms with E-state index in [1.165, 1.54) is 18.4 Å². The van der Waals surface area contributed by atoms with Gasteiger partial charge in [-0.2, -0.15) is 0 Å². The molecule has 0 spiro atoms. The van der Waals surface area contributed by atoms with E-state index in [4.69, 9.17) is 9.47 Å². The van der Waals surface area contributed by atoms with Gasteiger partial charge in [-0.25, -0.2) is 10.0 Å². The maximum Gasteiger partial charge on any atom is 0.119 e. The number of nitrogens with zero attached hydrogens (tertiary/aromatic N) is 2. The molecule has 0 aromatic heterocycles. The van der Waals surface area contributed by atoms with Gasteiger partial charge < -0.3 is 9.47 Å². The highest BCUT2D eigenvalue weighted by Crippen LogP contribution is 2.42. The Bertz CT molecular complexity index is 531. The third-order valence-electron chi connectivity index (χ3n) is 5.02. The largest absolute Gasteiger partial charge is 0.499 e. The van der Waals surface area contributed by atoms with Crippen LogP contribution in [0.1, 0.15) is 25.3 Å². The normalized spacial score (nSPS) is 29.8. The van der Waals surface area contributed by atoms with E-state index in [1.54, 1.807) is 14.2 Å². The standard InChI is InChI=1S/C18H26N2O2/c1-18(15-8-5-4-6-9-15)17(22-3)11-13-20(18)19-12-7-10-16(19)14-21-2/h4-6,8-9,11,16H,7,10,12-14H2,1-3H3/t16-,18-/m0/s1. The van der Waals surface area contributed by atoms with Gasteiger partial charge in [0.05, 0.1) is 13.7 Å². The fraction of sp³-hybridized carbons (Fsp3) is 0.556. The van der Waals surface area contributed by atoms with Crippen LogP contribution in [-0.4, -0.2) is 50.0 Å². The second-order valence-electron chi connectivity index (χ2n) is 6.21. The van der Waals surface area contributed by atoms with Crippen molar-refractivity contribution in [2.45, 2.75) is 31.3 Å². The monoisotopic (exact) mass is 302 g/mol. The van der Waals surface area contributed by atoms with Gasteiger partial charge in [0.2, 0.25) is 0 Å². The summed E-state index contributed by atoms with van der Waals surface area (Å²) in [4.78, 5) is 0. The van der Waals surface area contributed by atoms with E-state index in [2.05, 4.69) is 53.3 Å². The van der Waals surface area contributed by atoms with Crippen LogP contribution in [0, 0.1) is 0 Å². The molecular weight excluding hydrogens is 276 g/mol. The summed E-state index contributed by atoms with van der Waals surface area (Å²) in [6.07, 6.45) is 4.62. The molecule has 0 unspecified atom stereocenters. The fourth-order valence-electron chi connectivity index (χ4n) is 3.88. The Morgan fingerprint density at radius 3 is 2.68 bits per heavy atom. The Balaban J connectivity index is 1.94. The summed E-state index contributed by atoms with van der Waals surface area (Å²) in [5.41, 5.74) is 1.02. The summed E-state index contributed by atoms with van der Waals surface area (Å²) in [5.74, 6) is 1.03. The van der Waals surface area contributed by atoms with Crippen molar-refractivity contribution in [3.05, 3.63) is 47.7 Å². The van der Waals surface area contributed by atoms with Crippen LogP contribution in [0.2, 0.25) is 0 Å². The van der Waals surface area contributed by atoms with Gasteiger partial charge in [-0.15, -0.1) is 0 Å². The van der Waals surface area contributed by atoms with Crippen LogP contribution in [0.15, 0.2) is 42.2 Å². The highest BCUT2D eigenvalue weighted by Gasteiger charge is 2.47. The molecule has 0 saturated carbocycles. The quantitative estimate of drug-likeness (QED) is 0.835. The highest BCUT2D eigenvalue weighted by atomic mass is 16.5. The summed E-state index contributed by atoms with van der Waals surface area (Å²) in [6.45, 7) is 5.01. The molecule has 1 fully saturated rings. The van der Waals surface area contributed by atoms with Crippen LogP contribution in [-0.2, 0) is 15.0 Å². The van der Waals surface area contributed by atoms with Crippen LogP contribution in [0.4, 0.5) is 0 Å². The lowest BCUT2D eigenvalue weighted by Gasteiger charge is -2.44. The molecule has 2 aliphatic heterocycles. The van der Waals surface area contributed by atoms with E-state index in [1.807, 2.05) is 0 Å². The maximum atomic E-state index is 5.73. The summed E-state index contributed by atoms with van der Waals surface area (Å²) in [5, 5.41) is 4.94.